The van der Waals surface area contributed by atoms with Crippen molar-refractivity contribution in [3.63, 3.8) is 0 Å². The standard InChI is InChI=1S/C36H40Cl2N2O3S.C6H8O7.H2O/c1-4-43-33-16-14-25-9-5-6-11-30(25)35(33)36(41)39(2)24-28(27-13-15-31(37)32(38)23-27)19-22-40-20-17-26(18-21-40)29-10-7-8-12-34(29)44(3)42;7-3(8)1-6(13,5(11)12)2-4(9)10;/h5-16,23,26,28H,4,17-22,24H2,1-3H3;13H,1-2H2,(H,7,8)(H,9,10)(H,11,12);1H2. The lowest BCUT2D eigenvalue weighted by molar-refractivity contribution is -0.170. The summed E-state index contributed by atoms with van der Waals surface area (Å²) in [7, 11) is 0.872. The third-order valence-electron chi connectivity index (χ3n) is 10.00. The summed E-state index contributed by atoms with van der Waals surface area (Å²) < 4.78 is 18.2. The number of benzene rings is 4. The van der Waals surface area contributed by atoms with Gasteiger partial charge in [0.05, 0.1) is 45.9 Å². The van der Waals surface area contributed by atoms with Crippen LogP contribution in [0.25, 0.3) is 10.8 Å². The number of amides is 1. The molecule has 1 amide bonds. The number of carboxylic acids is 3. The number of hydrogen-bond donors (Lipinski definition) is 4. The molecule has 13 nitrogen and oxygen atoms in total. The lowest BCUT2D eigenvalue weighted by atomic mass is 9.88. The van der Waals surface area contributed by atoms with E-state index in [1.807, 2.05) is 91.7 Å². The van der Waals surface area contributed by atoms with E-state index in [9.17, 15) is 23.4 Å². The summed E-state index contributed by atoms with van der Waals surface area (Å²) in [4.78, 5) is 49.8. The third kappa shape index (κ3) is 12.7. The van der Waals surface area contributed by atoms with Crippen LogP contribution in [0.1, 0.15) is 72.3 Å². The van der Waals surface area contributed by atoms with E-state index in [4.69, 9.17) is 48.4 Å². The number of carbonyl (C=O) groups is 4. The van der Waals surface area contributed by atoms with Crippen LogP contribution in [0.3, 0.4) is 0 Å². The molecule has 4 aromatic rings. The molecule has 2 atom stereocenters. The highest BCUT2D eigenvalue weighted by atomic mass is 35.5. The maximum atomic E-state index is 14.1. The SMILES string of the molecule is CCOc1ccc2ccccc2c1C(=O)N(C)CC(CCN1CCC(c2ccccc2S(C)=O)CC1)c1ccc(Cl)c(Cl)c1.O.O=C(O)CC(O)(CC(=O)O)C(=O)O. The Kier molecular flexibility index (Phi) is 18.1. The van der Waals surface area contributed by atoms with E-state index in [-0.39, 0.29) is 17.3 Å². The minimum absolute atomic E-state index is 0. The molecule has 0 aliphatic carbocycles. The average Bonchev–Trinajstić information content (AvgIpc) is 3.17. The van der Waals surface area contributed by atoms with Crippen LogP contribution in [0.2, 0.25) is 10.0 Å². The number of likely N-dealkylation sites (tertiary alicyclic amines) is 1. The maximum absolute atomic E-state index is 14.1. The molecule has 2 unspecified atom stereocenters. The van der Waals surface area contributed by atoms with Gasteiger partial charge in [-0.3, -0.25) is 18.6 Å². The Morgan fingerprint density at radius 2 is 1.53 bits per heavy atom. The Labute approximate surface area is 349 Å². The van der Waals surface area contributed by atoms with Gasteiger partial charge in [-0.15, -0.1) is 0 Å². The number of halogens is 2. The number of hydrogen-bond acceptors (Lipinski definition) is 8. The minimum atomic E-state index is -2.74. The maximum Gasteiger partial charge on any atom is 0.336 e. The van der Waals surface area contributed by atoms with Gasteiger partial charge in [-0.25, -0.2) is 4.79 Å². The summed E-state index contributed by atoms with van der Waals surface area (Å²) in [5.41, 5.74) is 0.145. The highest BCUT2D eigenvalue weighted by Gasteiger charge is 2.40. The number of likely N-dealkylation sites (N-methyl/N-ethyl adjacent to an activating group) is 1. The molecule has 16 heteroatoms. The zero-order valence-corrected chi connectivity index (χ0v) is 34.9. The number of aliphatic hydroxyl groups is 1. The molecular formula is C42H50Cl2N2O11S. The summed E-state index contributed by atoms with van der Waals surface area (Å²) in [5.74, 6) is -4.01. The van der Waals surface area contributed by atoms with Crippen LogP contribution in [0.15, 0.2) is 83.8 Å². The van der Waals surface area contributed by atoms with E-state index in [0.717, 1.165) is 60.1 Å². The number of carbonyl (C=O) groups excluding carboxylic acids is 1. The van der Waals surface area contributed by atoms with Crippen LogP contribution in [0.4, 0.5) is 0 Å². The number of fused-ring (bicyclic) bond motifs is 1. The Balaban J connectivity index is 0.000000554. The van der Waals surface area contributed by atoms with Crippen LogP contribution in [0.5, 0.6) is 5.75 Å². The van der Waals surface area contributed by atoms with E-state index in [0.29, 0.717) is 40.4 Å². The molecule has 1 heterocycles. The fraction of sp³-hybridized carbons (Fsp3) is 0.381. The molecule has 314 valence electrons. The average molecular weight is 862 g/mol. The van der Waals surface area contributed by atoms with E-state index >= 15 is 0 Å². The minimum Gasteiger partial charge on any atom is -0.493 e. The van der Waals surface area contributed by atoms with Gasteiger partial charge in [0.2, 0.25) is 0 Å². The molecule has 0 spiro atoms. The Morgan fingerprint density at radius 1 is 0.914 bits per heavy atom. The second kappa shape index (κ2) is 22.0. The van der Waals surface area contributed by atoms with Crippen molar-refractivity contribution in [3.8, 4) is 5.75 Å². The van der Waals surface area contributed by atoms with Crippen molar-refractivity contribution >= 4 is 68.6 Å². The topological polar surface area (TPSA) is 213 Å². The van der Waals surface area contributed by atoms with Gasteiger partial charge in [0, 0.05) is 30.7 Å². The lowest BCUT2D eigenvalue weighted by Crippen LogP contribution is -2.42. The monoisotopic (exact) mass is 860 g/mol. The number of nitrogens with zero attached hydrogens (tertiary/aromatic N) is 2. The molecule has 0 aromatic heterocycles. The van der Waals surface area contributed by atoms with Gasteiger partial charge in [-0.05, 0) is 97.9 Å². The third-order valence-corrected chi connectivity index (χ3v) is 11.7. The van der Waals surface area contributed by atoms with Crippen LogP contribution >= 0.6 is 23.2 Å². The van der Waals surface area contributed by atoms with Gasteiger partial charge in [-0.1, -0.05) is 77.8 Å². The molecule has 4 aromatic carbocycles. The second-order valence-electron chi connectivity index (χ2n) is 14.0. The highest BCUT2D eigenvalue weighted by Crippen LogP contribution is 2.34. The number of ether oxygens (including phenoxy) is 1. The van der Waals surface area contributed by atoms with Gasteiger partial charge >= 0.3 is 17.9 Å². The predicted molar refractivity (Wildman–Crippen MR) is 224 cm³/mol. The highest BCUT2D eigenvalue weighted by molar-refractivity contribution is 7.84. The Bertz CT molecular complexity index is 2080. The van der Waals surface area contributed by atoms with Crippen LogP contribution in [-0.4, -0.2) is 115 Å². The van der Waals surface area contributed by atoms with Gasteiger partial charge < -0.3 is 40.4 Å². The smallest absolute Gasteiger partial charge is 0.336 e. The first-order valence-electron chi connectivity index (χ1n) is 18.4. The predicted octanol–water partition coefficient (Wildman–Crippen LogP) is 6.34. The van der Waals surface area contributed by atoms with Gasteiger partial charge in [0.15, 0.2) is 5.60 Å². The first-order valence-corrected chi connectivity index (χ1v) is 20.7. The summed E-state index contributed by atoms with van der Waals surface area (Å²) >= 11 is 12.8. The summed E-state index contributed by atoms with van der Waals surface area (Å²) in [5, 5.41) is 36.7. The van der Waals surface area contributed by atoms with Crippen LogP contribution < -0.4 is 4.74 Å². The molecular weight excluding hydrogens is 811 g/mol. The van der Waals surface area contributed by atoms with Crippen molar-refractivity contribution in [2.45, 2.75) is 61.4 Å². The summed E-state index contributed by atoms with van der Waals surface area (Å²) in [6.45, 7) is 5.79. The van der Waals surface area contributed by atoms with Crippen LogP contribution in [0, 0.1) is 0 Å². The van der Waals surface area contributed by atoms with E-state index in [1.165, 1.54) is 5.56 Å². The molecule has 0 saturated carbocycles. The molecule has 0 radical (unpaired) electrons. The lowest BCUT2D eigenvalue weighted by Gasteiger charge is -2.34. The number of rotatable bonds is 16. The quantitative estimate of drug-likeness (QED) is 0.0977. The summed E-state index contributed by atoms with van der Waals surface area (Å²) in [6.07, 6.45) is 2.40. The Morgan fingerprint density at radius 3 is 2.12 bits per heavy atom. The van der Waals surface area contributed by atoms with Gasteiger partial charge in [0.25, 0.3) is 5.91 Å². The number of aliphatic carboxylic acids is 3. The van der Waals surface area contributed by atoms with Crippen molar-refractivity contribution in [1.82, 2.24) is 9.80 Å². The van der Waals surface area contributed by atoms with Crippen molar-refractivity contribution in [2.75, 3.05) is 46.1 Å². The normalized spacial score (nSPS) is 14.3. The molecule has 6 N–H and O–H groups in total. The molecule has 1 saturated heterocycles. The zero-order valence-electron chi connectivity index (χ0n) is 32.5. The molecule has 1 aliphatic heterocycles. The second-order valence-corrected chi connectivity index (χ2v) is 16.2. The number of piperidine rings is 1. The molecule has 5 rings (SSSR count). The van der Waals surface area contributed by atoms with Gasteiger partial charge in [0.1, 0.15) is 5.75 Å². The van der Waals surface area contributed by atoms with Crippen molar-refractivity contribution in [2.24, 2.45) is 0 Å². The zero-order chi connectivity index (χ0) is 41.9. The van der Waals surface area contributed by atoms with Crippen molar-refractivity contribution < 1.29 is 54.0 Å². The first-order chi connectivity index (χ1) is 27.0. The largest absolute Gasteiger partial charge is 0.493 e. The molecule has 1 fully saturated rings. The van der Waals surface area contributed by atoms with E-state index in [1.54, 1.807) is 6.26 Å². The molecule has 58 heavy (non-hydrogen) atoms. The van der Waals surface area contributed by atoms with E-state index < -0.39 is 47.2 Å². The molecule has 0 bridgehead atoms. The fourth-order valence-electron chi connectivity index (χ4n) is 7.08. The van der Waals surface area contributed by atoms with E-state index in [2.05, 4.69) is 11.0 Å². The van der Waals surface area contributed by atoms with Crippen molar-refractivity contribution in [3.05, 3.63) is 106 Å². The van der Waals surface area contributed by atoms with Gasteiger partial charge in [-0.2, -0.15) is 0 Å². The fourth-order valence-corrected chi connectivity index (χ4v) is 8.22. The first kappa shape index (κ1) is 47.8. The van der Waals surface area contributed by atoms with Crippen LogP contribution in [-0.2, 0) is 25.2 Å². The molecule has 1 aliphatic rings. The Hall–Kier alpha value is -4.57. The number of carboxylic acid groups (broad SMARTS) is 3. The summed E-state index contributed by atoms with van der Waals surface area (Å²) in [6, 6.07) is 25.8. The van der Waals surface area contributed by atoms with Crippen molar-refractivity contribution in [1.29, 1.82) is 0 Å².